The minimum absolute atomic E-state index is 0.156. The van der Waals surface area contributed by atoms with Gasteiger partial charge >= 0.3 is 0 Å². The van der Waals surface area contributed by atoms with E-state index in [1.54, 1.807) is 0 Å². The van der Waals surface area contributed by atoms with Crippen molar-refractivity contribution in [1.29, 1.82) is 0 Å². The van der Waals surface area contributed by atoms with Gasteiger partial charge in [0.05, 0.1) is 6.67 Å². The summed E-state index contributed by atoms with van der Waals surface area (Å²) < 4.78 is 11.0. The van der Waals surface area contributed by atoms with E-state index in [-0.39, 0.29) is 6.67 Å². The highest BCUT2D eigenvalue weighted by atomic mass is 19.1. The van der Waals surface area contributed by atoms with Crippen LogP contribution in [0.5, 0.6) is 0 Å². The van der Waals surface area contributed by atoms with E-state index < -0.39 is 0 Å². The largest absolute Gasteiger partial charge is 0.251 e. The lowest BCUT2D eigenvalue weighted by atomic mass is 9.91. The van der Waals surface area contributed by atoms with Crippen LogP contribution in [0, 0.1) is 5.92 Å². The number of hydrogen-bond donors (Lipinski definition) is 0. The van der Waals surface area contributed by atoms with E-state index in [0.717, 1.165) is 18.8 Å². The van der Waals surface area contributed by atoms with Gasteiger partial charge in [-0.25, -0.2) is 0 Å². The molecule has 1 heteroatoms. The van der Waals surface area contributed by atoms with E-state index in [9.17, 15) is 4.39 Å². The summed E-state index contributed by atoms with van der Waals surface area (Å²) in [6, 6.07) is 0. The normalized spacial score (nSPS) is 18.2. The van der Waals surface area contributed by atoms with Crippen LogP contribution in [0.25, 0.3) is 0 Å². The maximum Gasteiger partial charge on any atom is 0.0894 e. The number of rotatable bonds is 2. The highest BCUT2D eigenvalue weighted by Crippen LogP contribution is 2.22. The van der Waals surface area contributed by atoms with Crippen molar-refractivity contribution >= 4 is 0 Å². The lowest BCUT2D eigenvalue weighted by Crippen LogP contribution is -1.99. The van der Waals surface area contributed by atoms with Crippen LogP contribution in [0.2, 0.25) is 0 Å². The van der Waals surface area contributed by atoms with Crippen LogP contribution in [0.4, 0.5) is 4.39 Å². The molecule has 0 aromatic rings. The Labute approximate surface area is 76.6 Å². The highest BCUT2D eigenvalue weighted by Gasteiger charge is 2.05. The Bertz CT molecular complexity index is 73.1. The monoisotopic (exact) mass is 174 g/mol. The summed E-state index contributed by atoms with van der Waals surface area (Å²) in [5, 5.41) is 0. The first-order valence-electron chi connectivity index (χ1n) is 5.37. The molecule has 0 aromatic heterocycles. The second-order valence-corrected chi connectivity index (χ2v) is 3.79. The summed E-state index contributed by atoms with van der Waals surface area (Å²) in [5.41, 5.74) is 0. The van der Waals surface area contributed by atoms with Gasteiger partial charge in [-0.05, 0) is 12.3 Å². The van der Waals surface area contributed by atoms with E-state index in [4.69, 9.17) is 0 Å². The maximum atomic E-state index is 11.0. The molecule has 0 nitrogen and oxygen atoms in total. The summed E-state index contributed by atoms with van der Waals surface area (Å²) in [4.78, 5) is 0. The molecule has 1 fully saturated rings. The first-order valence-corrected chi connectivity index (χ1v) is 5.37. The van der Waals surface area contributed by atoms with Crippen molar-refractivity contribution in [3.05, 3.63) is 0 Å². The molecule has 0 spiro atoms. The molecule has 12 heavy (non-hydrogen) atoms. The number of alkyl halides is 1. The predicted molar refractivity (Wildman–Crippen MR) is 53.1 cm³/mol. The van der Waals surface area contributed by atoms with Crippen molar-refractivity contribution in [3.8, 4) is 0 Å². The zero-order valence-corrected chi connectivity index (χ0v) is 8.61. The van der Waals surface area contributed by atoms with Gasteiger partial charge in [-0.2, -0.15) is 0 Å². The number of halogens is 1. The first-order chi connectivity index (χ1) is 5.81. The fraction of sp³-hybridized carbons (Fsp3) is 1.00. The Kier molecular flexibility index (Phi) is 8.97. The van der Waals surface area contributed by atoms with Gasteiger partial charge in [0.15, 0.2) is 0 Å². The molecule has 0 bridgehead atoms. The van der Waals surface area contributed by atoms with E-state index in [0.29, 0.717) is 0 Å². The summed E-state index contributed by atoms with van der Waals surface area (Å²) in [5.74, 6) is 1.04. The Hall–Kier alpha value is -0.0700. The third kappa shape index (κ3) is 8.03. The molecule has 0 N–H and O–H groups in total. The van der Waals surface area contributed by atoms with E-state index in [1.807, 2.05) is 6.92 Å². The predicted octanol–water partition coefficient (Wildman–Crippen LogP) is 4.34. The second kappa shape index (κ2) is 9.02. The van der Waals surface area contributed by atoms with Crippen LogP contribution in [0.15, 0.2) is 0 Å². The fourth-order valence-corrected chi connectivity index (χ4v) is 1.44. The Balaban J connectivity index is 0.000000217. The molecule has 0 atom stereocenters. The molecule has 0 radical (unpaired) electrons. The summed E-state index contributed by atoms with van der Waals surface area (Å²) in [6.45, 7) is 4.18. The molecular formula is C11H23F. The first kappa shape index (κ1) is 11.9. The Morgan fingerprint density at radius 1 is 1.17 bits per heavy atom. The fourth-order valence-electron chi connectivity index (χ4n) is 1.44. The van der Waals surface area contributed by atoms with Crippen LogP contribution in [0.3, 0.4) is 0 Å². The minimum Gasteiger partial charge on any atom is -0.251 e. The Morgan fingerprint density at radius 2 is 1.75 bits per heavy atom. The molecule has 74 valence electrons. The highest BCUT2D eigenvalue weighted by molar-refractivity contribution is 4.59. The molecule has 0 amide bonds. The van der Waals surface area contributed by atoms with Crippen LogP contribution < -0.4 is 0 Å². The van der Waals surface area contributed by atoms with E-state index >= 15 is 0 Å². The van der Waals surface area contributed by atoms with Crippen molar-refractivity contribution in [1.82, 2.24) is 0 Å². The molecule has 0 saturated heterocycles. The summed E-state index contributed by atoms with van der Waals surface area (Å²) in [7, 11) is 0. The third-order valence-electron chi connectivity index (χ3n) is 2.38. The lowest BCUT2D eigenvalue weighted by molar-refractivity contribution is 0.385. The number of hydrogen-bond acceptors (Lipinski definition) is 0. The van der Waals surface area contributed by atoms with Crippen molar-refractivity contribution in [2.24, 2.45) is 5.92 Å². The van der Waals surface area contributed by atoms with Gasteiger partial charge in [0.1, 0.15) is 0 Å². The smallest absolute Gasteiger partial charge is 0.0894 e. The average molecular weight is 174 g/mol. The van der Waals surface area contributed by atoms with Crippen molar-refractivity contribution in [2.75, 3.05) is 6.67 Å². The maximum absolute atomic E-state index is 11.0. The van der Waals surface area contributed by atoms with Gasteiger partial charge in [-0.3, -0.25) is 4.39 Å². The van der Waals surface area contributed by atoms with Gasteiger partial charge in [-0.15, -0.1) is 0 Å². The lowest BCUT2D eigenvalue weighted by Gasteiger charge is -2.15. The topological polar surface area (TPSA) is 0 Å². The van der Waals surface area contributed by atoms with Gasteiger partial charge in [0.2, 0.25) is 0 Å². The van der Waals surface area contributed by atoms with Crippen molar-refractivity contribution in [3.63, 3.8) is 0 Å². The second-order valence-electron chi connectivity index (χ2n) is 3.79. The molecule has 1 aliphatic rings. The summed E-state index contributed by atoms with van der Waals surface area (Å²) >= 11 is 0. The standard InChI is InChI=1S/C7H14.C4H9F/c1-7-5-3-2-4-6-7;1-2-3-4-5/h7H,2-6H2,1H3;2-4H2,1H3. The van der Waals surface area contributed by atoms with Gasteiger partial charge in [-0.1, -0.05) is 52.4 Å². The molecule has 0 heterocycles. The molecule has 1 aliphatic carbocycles. The van der Waals surface area contributed by atoms with Crippen molar-refractivity contribution in [2.45, 2.75) is 58.8 Å². The zero-order chi connectivity index (χ0) is 9.23. The van der Waals surface area contributed by atoms with Crippen LogP contribution in [0.1, 0.15) is 58.8 Å². The molecule has 0 unspecified atom stereocenters. The molecule has 0 aromatic carbocycles. The van der Waals surface area contributed by atoms with Gasteiger partial charge < -0.3 is 0 Å². The molecule has 1 saturated carbocycles. The zero-order valence-electron chi connectivity index (χ0n) is 8.61. The van der Waals surface area contributed by atoms with Crippen LogP contribution in [-0.2, 0) is 0 Å². The third-order valence-corrected chi connectivity index (χ3v) is 2.38. The van der Waals surface area contributed by atoms with Crippen molar-refractivity contribution < 1.29 is 4.39 Å². The van der Waals surface area contributed by atoms with Gasteiger partial charge in [0, 0.05) is 0 Å². The summed E-state index contributed by atoms with van der Waals surface area (Å²) in [6.07, 6.45) is 9.13. The molecular weight excluding hydrogens is 151 g/mol. The molecule has 1 rings (SSSR count). The van der Waals surface area contributed by atoms with Crippen LogP contribution in [-0.4, -0.2) is 6.67 Å². The van der Waals surface area contributed by atoms with Crippen LogP contribution >= 0.6 is 0 Å². The number of unbranched alkanes of at least 4 members (excludes halogenated alkanes) is 1. The van der Waals surface area contributed by atoms with Gasteiger partial charge in [0.25, 0.3) is 0 Å². The molecule has 0 aliphatic heterocycles. The van der Waals surface area contributed by atoms with E-state index in [2.05, 4.69) is 6.92 Å². The average Bonchev–Trinajstić information content (AvgIpc) is 2.08. The minimum atomic E-state index is -0.156. The SMILES string of the molecule is CC1CCCCC1.CCCCF. The quantitative estimate of drug-likeness (QED) is 0.584. The van der Waals surface area contributed by atoms with E-state index in [1.165, 1.54) is 32.1 Å². The Morgan fingerprint density at radius 3 is 1.92 bits per heavy atom.